The highest BCUT2D eigenvalue weighted by atomic mass is 35.5. The molecule has 0 saturated carbocycles. The summed E-state index contributed by atoms with van der Waals surface area (Å²) in [5.74, 6) is 0.757. The Labute approximate surface area is 212 Å². The van der Waals surface area contributed by atoms with Gasteiger partial charge >= 0.3 is 0 Å². The summed E-state index contributed by atoms with van der Waals surface area (Å²) in [5, 5.41) is 3.29. The number of nitrogens with zero attached hydrogens (tertiary/aromatic N) is 4. The van der Waals surface area contributed by atoms with E-state index in [4.69, 9.17) is 32.9 Å². The standard InChI is InChI=1S/C28H20Cl2N4O/c1-35-20-13-17-3-2-10-33-28(17)27(16-20)34(25-8-11-31-23-14-18(29)4-6-21(23)25)26-9-12-32-24-15-19(30)5-7-22(24)26/h2-8,10-16,26H,9H2,1H3. The molecule has 0 aliphatic carbocycles. The summed E-state index contributed by atoms with van der Waals surface area (Å²) >= 11 is 12.6. The van der Waals surface area contributed by atoms with Crippen LogP contribution in [0.2, 0.25) is 10.0 Å². The Morgan fingerprint density at radius 1 is 0.886 bits per heavy atom. The van der Waals surface area contributed by atoms with E-state index in [2.05, 4.69) is 20.9 Å². The molecule has 0 spiro atoms. The molecule has 3 aromatic carbocycles. The summed E-state index contributed by atoms with van der Waals surface area (Å²) < 4.78 is 5.70. The van der Waals surface area contributed by atoms with Crippen LogP contribution in [-0.4, -0.2) is 23.3 Å². The summed E-state index contributed by atoms with van der Waals surface area (Å²) in [6.07, 6.45) is 6.29. The van der Waals surface area contributed by atoms with Gasteiger partial charge in [-0.05, 0) is 48.5 Å². The molecule has 0 N–H and O–H groups in total. The predicted octanol–water partition coefficient (Wildman–Crippen LogP) is 8.08. The summed E-state index contributed by atoms with van der Waals surface area (Å²) in [6, 6.07) is 21.7. The van der Waals surface area contributed by atoms with Gasteiger partial charge < -0.3 is 9.64 Å². The van der Waals surface area contributed by atoms with Crippen molar-refractivity contribution >= 4 is 68.3 Å². The fourth-order valence-electron chi connectivity index (χ4n) is 4.76. The van der Waals surface area contributed by atoms with Crippen LogP contribution >= 0.6 is 23.2 Å². The molecule has 1 unspecified atom stereocenters. The van der Waals surface area contributed by atoms with Gasteiger partial charge in [0.05, 0.1) is 41.2 Å². The van der Waals surface area contributed by atoms with Crippen LogP contribution in [-0.2, 0) is 0 Å². The molecule has 35 heavy (non-hydrogen) atoms. The number of benzene rings is 3. The lowest BCUT2D eigenvalue weighted by molar-refractivity contribution is 0.415. The van der Waals surface area contributed by atoms with Crippen LogP contribution in [0.15, 0.2) is 84.1 Å². The number of aliphatic imine (C=N–C) groups is 1. The lowest BCUT2D eigenvalue weighted by Gasteiger charge is -2.36. The van der Waals surface area contributed by atoms with Gasteiger partial charge in [-0.15, -0.1) is 0 Å². The Kier molecular flexibility index (Phi) is 5.51. The minimum atomic E-state index is -0.0571. The van der Waals surface area contributed by atoms with E-state index in [0.29, 0.717) is 16.5 Å². The zero-order valence-electron chi connectivity index (χ0n) is 18.8. The zero-order chi connectivity index (χ0) is 23.9. The number of aromatic nitrogens is 2. The highest BCUT2D eigenvalue weighted by molar-refractivity contribution is 6.31. The maximum atomic E-state index is 6.31. The van der Waals surface area contributed by atoms with Crippen molar-refractivity contribution in [3.05, 3.63) is 94.7 Å². The normalized spacial score (nSPS) is 14.8. The smallest absolute Gasteiger partial charge is 0.121 e. The molecule has 3 heterocycles. The van der Waals surface area contributed by atoms with Crippen molar-refractivity contribution in [3.8, 4) is 5.75 Å². The van der Waals surface area contributed by atoms with E-state index in [1.54, 1.807) is 7.11 Å². The fourth-order valence-corrected chi connectivity index (χ4v) is 5.09. The maximum absolute atomic E-state index is 6.31. The summed E-state index contributed by atoms with van der Waals surface area (Å²) in [6.45, 7) is 0. The lowest BCUT2D eigenvalue weighted by Crippen LogP contribution is -2.26. The second-order valence-corrected chi connectivity index (χ2v) is 9.22. The number of halogens is 2. The van der Waals surface area contributed by atoms with Gasteiger partial charge in [0.15, 0.2) is 0 Å². The number of pyridine rings is 2. The maximum Gasteiger partial charge on any atom is 0.121 e. The first kappa shape index (κ1) is 21.8. The fraction of sp³-hybridized carbons (Fsp3) is 0.107. The minimum Gasteiger partial charge on any atom is -0.497 e. The molecule has 0 fully saturated rings. The molecule has 0 amide bonds. The van der Waals surface area contributed by atoms with Gasteiger partial charge in [-0.3, -0.25) is 15.0 Å². The Bertz CT molecular complexity index is 1620. The largest absolute Gasteiger partial charge is 0.497 e. The second kappa shape index (κ2) is 8.84. The van der Waals surface area contributed by atoms with Crippen LogP contribution in [0.1, 0.15) is 18.0 Å². The van der Waals surface area contributed by atoms with Crippen molar-refractivity contribution in [1.29, 1.82) is 0 Å². The number of fused-ring (bicyclic) bond motifs is 3. The van der Waals surface area contributed by atoms with Gasteiger partial charge in [-0.1, -0.05) is 35.3 Å². The van der Waals surface area contributed by atoms with E-state index < -0.39 is 0 Å². The van der Waals surface area contributed by atoms with E-state index in [1.165, 1.54) is 0 Å². The molecule has 6 rings (SSSR count). The van der Waals surface area contributed by atoms with Crippen LogP contribution in [0, 0.1) is 0 Å². The molecule has 1 aliphatic rings. The Morgan fingerprint density at radius 3 is 2.63 bits per heavy atom. The molecule has 172 valence electrons. The highest BCUT2D eigenvalue weighted by Crippen LogP contribution is 2.47. The molecule has 0 saturated heterocycles. The predicted molar refractivity (Wildman–Crippen MR) is 144 cm³/mol. The van der Waals surface area contributed by atoms with Crippen LogP contribution in [0.3, 0.4) is 0 Å². The van der Waals surface area contributed by atoms with Crippen molar-refractivity contribution in [1.82, 2.24) is 9.97 Å². The number of methoxy groups -OCH3 is 1. The molecule has 2 aromatic heterocycles. The molecular formula is C28H20Cl2N4O. The molecule has 5 nitrogen and oxygen atoms in total. The van der Waals surface area contributed by atoms with Crippen molar-refractivity contribution < 1.29 is 4.74 Å². The number of hydrogen-bond donors (Lipinski definition) is 0. The minimum absolute atomic E-state index is 0.0571. The molecule has 1 atom stereocenters. The van der Waals surface area contributed by atoms with Crippen LogP contribution in [0.5, 0.6) is 5.75 Å². The van der Waals surface area contributed by atoms with E-state index in [9.17, 15) is 0 Å². The average Bonchev–Trinajstić information content (AvgIpc) is 2.88. The summed E-state index contributed by atoms with van der Waals surface area (Å²) in [5.41, 5.74) is 5.57. The Morgan fingerprint density at radius 2 is 1.74 bits per heavy atom. The van der Waals surface area contributed by atoms with Crippen molar-refractivity contribution in [2.24, 2.45) is 4.99 Å². The number of rotatable bonds is 4. The topological polar surface area (TPSA) is 50.6 Å². The van der Waals surface area contributed by atoms with Gasteiger partial charge in [0, 0.05) is 57.5 Å². The molecule has 7 heteroatoms. The van der Waals surface area contributed by atoms with E-state index in [0.717, 1.165) is 50.2 Å². The van der Waals surface area contributed by atoms with Crippen molar-refractivity contribution in [2.75, 3.05) is 12.0 Å². The first-order valence-corrected chi connectivity index (χ1v) is 12.0. The second-order valence-electron chi connectivity index (χ2n) is 8.35. The first-order valence-electron chi connectivity index (χ1n) is 11.2. The number of hydrogen-bond acceptors (Lipinski definition) is 5. The monoisotopic (exact) mass is 498 g/mol. The van der Waals surface area contributed by atoms with Crippen LogP contribution in [0.4, 0.5) is 17.1 Å². The van der Waals surface area contributed by atoms with E-state index in [1.807, 2.05) is 79.3 Å². The first-order chi connectivity index (χ1) is 17.1. The third-order valence-corrected chi connectivity index (χ3v) is 6.79. The third-order valence-electron chi connectivity index (χ3n) is 6.32. The number of ether oxygens (including phenoxy) is 1. The SMILES string of the molecule is COc1cc(N(c2ccnc3cc(Cl)ccc23)C2CC=Nc3cc(Cl)ccc32)c2ncccc2c1. The molecular weight excluding hydrogens is 479 g/mol. The molecule has 5 aromatic rings. The van der Waals surface area contributed by atoms with Gasteiger partial charge in [-0.25, -0.2) is 0 Å². The Balaban J connectivity index is 1.68. The van der Waals surface area contributed by atoms with Crippen molar-refractivity contribution in [3.63, 3.8) is 0 Å². The zero-order valence-corrected chi connectivity index (χ0v) is 20.3. The van der Waals surface area contributed by atoms with Crippen LogP contribution < -0.4 is 9.64 Å². The van der Waals surface area contributed by atoms with Crippen LogP contribution in [0.25, 0.3) is 21.8 Å². The number of anilines is 2. The quantitative estimate of drug-likeness (QED) is 0.251. The molecule has 0 radical (unpaired) electrons. The lowest BCUT2D eigenvalue weighted by atomic mass is 9.95. The van der Waals surface area contributed by atoms with Gasteiger partial charge in [-0.2, -0.15) is 0 Å². The van der Waals surface area contributed by atoms with E-state index >= 15 is 0 Å². The van der Waals surface area contributed by atoms with Gasteiger partial charge in [0.2, 0.25) is 0 Å². The van der Waals surface area contributed by atoms with Gasteiger partial charge in [0.1, 0.15) is 5.75 Å². The highest BCUT2D eigenvalue weighted by Gasteiger charge is 2.29. The summed E-state index contributed by atoms with van der Waals surface area (Å²) in [4.78, 5) is 16.3. The molecule has 0 bridgehead atoms. The Hall–Kier alpha value is -3.67. The van der Waals surface area contributed by atoms with Gasteiger partial charge in [0.25, 0.3) is 0 Å². The third kappa shape index (κ3) is 3.87. The summed E-state index contributed by atoms with van der Waals surface area (Å²) in [7, 11) is 1.68. The van der Waals surface area contributed by atoms with Crippen molar-refractivity contribution in [2.45, 2.75) is 12.5 Å². The average molecular weight is 499 g/mol. The molecule has 1 aliphatic heterocycles. The van der Waals surface area contributed by atoms with E-state index in [-0.39, 0.29) is 6.04 Å².